The SMILES string of the molecule is CC(=N)N1CC(S(=O)(=O)NCN2CC(S(N)(=O)=O)C2)C1. The van der Waals surface area contributed by atoms with Crippen LogP contribution in [0.1, 0.15) is 6.92 Å². The second kappa shape index (κ2) is 5.22. The van der Waals surface area contributed by atoms with Crippen molar-refractivity contribution in [3.63, 3.8) is 0 Å². The van der Waals surface area contributed by atoms with E-state index in [0.29, 0.717) is 18.9 Å². The second-order valence-corrected chi connectivity index (χ2v) is 9.10. The van der Waals surface area contributed by atoms with E-state index >= 15 is 0 Å². The van der Waals surface area contributed by atoms with Gasteiger partial charge in [0.1, 0.15) is 10.5 Å². The predicted octanol–water partition coefficient (Wildman–Crippen LogP) is -2.48. The zero-order valence-corrected chi connectivity index (χ0v) is 12.7. The Kier molecular flexibility index (Phi) is 4.08. The van der Waals surface area contributed by atoms with Gasteiger partial charge in [-0.05, 0) is 6.92 Å². The zero-order chi connectivity index (χ0) is 15.1. The number of hydrogen-bond donors (Lipinski definition) is 3. The molecule has 4 N–H and O–H groups in total. The Hall–Kier alpha value is -0.750. The molecule has 0 aromatic rings. The van der Waals surface area contributed by atoms with Gasteiger partial charge in [0.2, 0.25) is 20.0 Å². The van der Waals surface area contributed by atoms with E-state index in [4.69, 9.17) is 10.5 Å². The van der Waals surface area contributed by atoms with Crippen LogP contribution in [0.15, 0.2) is 0 Å². The highest BCUT2D eigenvalue weighted by molar-refractivity contribution is 7.90. The van der Waals surface area contributed by atoms with Crippen LogP contribution in [0.5, 0.6) is 0 Å². The first-order valence-electron chi connectivity index (χ1n) is 6.12. The lowest BCUT2D eigenvalue weighted by Crippen LogP contribution is -2.62. The van der Waals surface area contributed by atoms with Gasteiger partial charge in [-0.2, -0.15) is 0 Å². The fraction of sp³-hybridized carbons (Fsp3) is 0.889. The molecule has 0 amide bonds. The van der Waals surface area contributed by atoms with Crippen molar-refractivity contribution in [1.82, 2.24) is 14.5 Å². The minimum atomic E-state index is -3.53. The Morgan fingerprint density at radius 1 is 1.20 bits per heavy atom. The topological polar surface area (TPSA) is 137 Å². The third-order valence-electron chi connectivity index (χ3n) is 3.64. The second-order valence-electron chi connectivity index (χ2n) is 5.21. The molecule has 0 radical (unpaired) electrons. The minimum absolute atomic E-state index is 0.0917. The van der Waals surface area contributed by atoms with Crippen molar-refractivity contribution in [3.05, 3.63) is 0 Å². The highest BCUT2D eigenvalue weighted by atomic mass is 32.2. The summed E-state index contributed by atoms with van der Waals surface area (Å²) in [6.07, 6.45) is 0. The molecule has 0 unspecified atom stereocenters. The molecule has 0 bridgehead atoms. The molecule has 0 aromatic heterocycles. The lowest BCUT2D eigenvalue weighted by Gasteiger charge is -2.41. The number of likely N-dealkylation sites (tertiary alicyclic amines) is 2. The van der Waals surface area contributed by atoms with Gasteiger partial charge in [0.15, 0.2) is 0 Å². The van der Waals surface area contributed by atoms with E-state index in [-0.39, 0.29) is 19.8 Å². The van der Waals surface area contributed by atoms with E-state index in [1.807, 2.05) is 0 Å². The van der Waals surface area contributed by atoms with Crippen LogP contribution in [0, 0.1) is 5.41 Å². The Morgan fingerprint density at radius 2 is 1.75 bits per heavy atom. The monoisotopic (exact) mass is 325 g/mol. The van der Waals surface area contributed by atoms with E-state index in [0.717, 1.165) is 0 Å². The van der Waals surface area contributed by atoms with Gasteiger partial charge in [0.05, 0.1) is 12.5 Å². The summed E-state index contributed by atoms with van der Waals surface area (Å²) in [6.45, 7) is 2.85. The molecule has 0 atom stereocenters. The molecule has 0 spiro atoms. The van der Waals surface area contributed by atoms with Crippen molar-refractivity contribution in [3.8, 4) is 0 Å². The highest BCUT2D eigenvalue weighted by Crippen LogP contribution is 2.17. The van der Waals surface area contributed by atoms with E-state index in [1.165, 1.54) is 0 Å². The van der Waals surface area contributed by atoms with E-state index in [1.54, 1.807) is 16.7 Å². The molecule has 20 heavy (non-hydrogen) atoms. The zero-order valence-electron chi connectivity index (χ0n) is 11.1. The Bertz CT molecular complexity index is 590. The van der Waals surface area contributed by atoms with Crippen LogP contribution in [0.3, 0.4) is 0 Å². The van der Waals surface area contributed by atoms with Gasteiger partial charge in [0.25, 0.3) is 0 Å². The molecule has 2 fully saturated rings. The quantitative estimate of drug-likeness (QED) is 0.378. The lowest BCUT2D eigenvalue weighted by atomic mass is 10.2. The fourth-order valence-electron chi connectivity index (χ4n) is 2.07. The maximum Gasteiger partial charge on any atom is 0.219 e. The van der Waals surface area contributed by atoms with Crippen LogP contribution in [0.4, 0.5) is 0 Å². The summed E-state index contributed by atoms with van der Waals surface area (Å²) in [5.74, 6) is 0.357. The average molecular weight is 325 g/mol. The first kappa shape index (κ1) is 15.6. The molecule has 2 aliphatic heterocycles. The smallest absolute Gasteiger partial charge is 0.219 e. The molecule has 0 aliphatic carbocycles. The third-order valence-corrected chi connectivity index (χ3v) is 6.57. The Labute approximate surface area is 118 Å². The fourth-order valence-corrected chi connectivity index (χ4v) is 4.25. The summed E-state index contributed by atoms with van der Waals surface area (Å²) in [6, 6.07) is 0. The first-order valence-corrected chi connectivity index (χ1v) is 9.27. The van der Waals surface area contributed by atoms with E-state index < -0.39 is 30.5 Å². The van der Waals surface area contributed by atoms with Gasteiger partial charge in [-0.1, -0.05) is 0 Å². The van der Waals surface area contributed by atoms with Crippen molar-refractivity contribution in [1.29, 1.82) is 5.41 Å². The molecule has 11 heteroatoms. The standard InChI is InChI=1S/C9H19N5O4S2/c1-7(10)14-4-9(5-14)20(17,18)12-6-13-2-8(3-13)19(11,15)16/h8-10,12H,2-6H2,1H3,(H2,11,15,16). The number of rotatable bonds is 5. The van der Waals surface area contributed by atoms with Gasteiger partial charge in [-0.15, -0.1) is 0 Å². The number of hydrogen-bond acceptors (Lipinski definition) is 6. The molecule has 0 saturated carbocycles. The lowest BCUT2D eigenvalue weighted by molar-refractivity contribution is 0.181. The van der Waals surface area contributed by atoms with E-state index in [9.17, 15) is 16.8 Å². The molecular formula is C9H19N5O4S2. The summed E-state index contributed by atoms with van der Waals surface area (Å²) >= 11 is 0. The van der Waals surface area contributed by atoms with Crippen LogP contribution in [-0.4, -0.2) is 75.8 Å². The average Bonchev–Trinajstić information content (AvgIpc) is 2.07. The maximum absolute atomic E-state index is 11.9. The molecule has 116 valence electrons. The van der Waals surface area contributed by atoms with Crippen LogP contribution in [0.25, 0.3) is 0 Å². The summed E-state index contributed by atoms with van der Waals surface area (Å²) in [5.41, 5.74) is 0. The van der Waals surface area contributed by atoms with Crippen LogP contribution in [-0.2, 0) is 20.0 Å². The molecule has 2 aliphatic rings. The van der Waals surface area contributed by atoms with Crippen molar-refractivity contribution in [2.75, 3.05) is 32.8 Å². The summed E-state index contributed by atoms with van der Waals surface area (Å²) in [4.78, 5) is 3.34. The van der Waals surface area contributed by atoms with E-state index in [2.05, 4.69) is 4.72 Å². The molecule has 9 nitrogen and oxygen atoms in total. The molecule has 2 saturated heterocycles. The maximum atomic E-state index is 11.9. The number of sulfonamides is 2. The molecular weight excluding hydrogens is 306 g/mol. The Morgan fingerprint density at radius 3 is 2.20 bits per heavy atom. The molecule has 2 heterocycles. The van der Waals surface area contributed by atoms with Gasteiger partial charge >= 0.3 is 0 Å². The largest absolute Gasteiger partial charge is 0.358 e. The number of nitrogens with two attached hydrogens (primary N) is 1. The van der Waals surface area contributed by atoms with Crippen molar-refractivity contribution >= 4 is 25.9 Å². The van der Waals surface area contributed by atoms with Crippen molar-refractivity contribution in [2.24, 2.45) is 5.14 Å². The van der Waals surface area contributed by atoms with Gasteiger partial charge < -0.3 is 4.90 Å². The minimum Gasteiger partial charge on any atom is -0.358 e. The first-order chi connectivity index (χ1) is 9.09. The number of amidine groups is 1. The summed E-state index contributed by atoms with van der Waals surface area (Å²) in [5, 5.41) is 11.2. The molecule has 0 aromatic carbocycles. The number of nitrogens with zero attached hydrogens (tertiary/aromatic N) is 2. The third kappa shape index (κ3) is 3.28. The number of nitrogens with one attached hydrogen (secondary N) is 2. The predicted molar refractivity (Wildman–Crippen MR) is 74.2 cm³/mol. The normalized spacial score (nSPS) is 22.4. The number of primary sulfonamides is 1. The highest BCUT2D eigenvalue weighted by Gasteiger charge is 2.39. The molecule has 2 rings (SSSR count). The van der Waals surface area contributed by atoms with Gasteiger partial charge in [-0.25, -0.2) is 26.7 Å². The van der Waals surface area contributed by atoms with Crippen molar-refractivity contribution < 1.29 is 16.8 Å². The summed E-state index contributed by atoms with van der Waals surface area (Å²) in [7, 11) is -6.95. The van der Waals surface area contributed by atoms with Crippen LogP contribution in [0.2, 0.25) is 0 Å². The van der Waals surface area contributed by atoms with Crippen LogP contribution >= 0.6 is 0 Å². The van der Waals surface area contributed by atoms with Gasteiger partial charge in [0, 0.05) is 26.2 Å². The van der Waals surface area contributed by atoms with Gasteiger partial charge in [-0.3, -0.25) is 10.3 Å². The Balaban J connectivity index is 1.74. The van der Waals surface area contributed by atoms with Crippen LogP contribution < -0.4 is 9.86 Å². The van der Waals surface area contributed by atoms with Crippen molar-refractivity contribution in [2.45, 2.75) is 17.4 Å². The summed E-state index contributed by atoms with van der Waals surface area (Å²) < 4.78 is 48.3.